The molecular weight excluding hydrogens is 268 g/mol. The molecule has 104 valence electrons. The summed E-state index contributed by atoms with van der Waals surface area (Å²) in [6.07, 6.45) is 3.46. The Morgan fingerprint density at radius 1 is 1.00 bits per heavy atom. The Balaban J connectivity index is 1.87. The Kier molecular flexibility index (Phi) is 2.53. The number of nitrogen functional groups attached to an aromatic ring is 1. The van der Waals surface area contributed by atoms with Gasteiger partial charge in [-0.25, -0.2) is 0 Å². The second-order valence-electron chi connectivity index (χ2n) is 4.66. The van der Waals surface area contributed by atoms with Crippen LogP contribution in [0.1, 0.15) is 0 Å². The molecule has 3 heterocycles. The van der Waals surface area contributed by atoms with Crippen LogP contribution in [0.5, 0.6) is 11.5 Å². The number of nitrogens with zero attached hydrogens (tertiary/aromatic N) is 2. The fourth-order valence-corrected chi connectivity index (χ4v) is 2.43. The van der Waals surface area contributed by atoms with Gasteiger partial charge in [0.1, 0.15) is 0 Å². The first-order valence-corrected chi connectivity index (χ1v) is 6.47. The summed E-state index contributed by atoms with van der Waals surface area (Å²) in [6.45, 7) is 0.247. The number of benzene rings is 1. The minimum absolute atomic E-state index is 0.247. The molecule has 4 rings (SSSR count). The zero-order valence-corrected chi connectivity index (χ0v) is 11.0. The molecular formula is C15H12N4O2. The van der Waals surface area contributed by atoms with Gasteiger partial charge in [0.25, 0.3) is 0 Å². The SMILES string of the molecule is Nc1n[nH]c(-c2ccncc2)c1-c1ccc2c(c1)OCO2. The number of hydrogen-bond acceptors (Lipinski definition) is 5. The van der Waals surface area contributed by atoms with E-state index in [9.17, 15) is 0 Å². The molecule has 21 heavy (non-hydrogen) atoms. The zero-order chi connectivity index (χ0) is 14.2. The van der Waals surface area contributed by atoms with Crippen LogP contribution in [-0.4, -0.2) is 22.0 Å². The normalized spacial score (nSPS) is 12.6. The second kappa shape index (κ2) is 4.52. The third-order valence-electron chi connectivity index (χ3n) is 3.42. The summed E-state index contributed by atoms with van der Waals surface area (Å²) in [7, 11) is 0. The molecule has 0 saturated heterocycles. The van der Waals surface area contributed by atoms with Gasteiger partial charge in [0.15, 0.2) is 17.3 Å². The quantitative estimate of drug-likeness (QED) is 0.753. The highest BCUT2D eigenvalue weighted by atomic mass is 16.7. The number of rotatable bonds is 2. The highest BCUT2D eigenvalue weighted by molar-refractivity contribution is 5.88. The molecule has 6 nitrogen and oxygen atoms in total. The van der Waals surface area contributed by atoms with Crippen molar-refractivity contribution in [2.75, 3.05) is 12.5 Å². The lowest BCUT2D eigenvalue weighted by molar-refractivity contribution is 0.174. The van der Waals surface area contributed by atoms with E-state index in [1.54, 1.807) is 12.4 Å². The van der Waals surface area contributed by atoms with E-state index in [0.717, 1.165) is 28.1 Å². The Hall–Kier alpha value is -3.02. The second-order valence-corrected chi connectivity index (χ2v) is 4.66. The van der Waals surface area contributed by atoms with Crippen LogP contribution in [0.3, 0.4) is 0 Å². The molecule has 0 unspecified atom stereocenters. The van der Waals surface area contributed by atoms with Gasteiger partial charge < -0.3 is 15.2 Å². The molecule has 1 aliphatic rings. The monoisotopic (exact) mass is 280 g/mol. The fourth-order valence-electron chi connectivity index (χ4n) is 2.43. The predicted molar refractivity (Wildman–Crippen MR) is 77.8 cm³/mol. The Morgan fingerprint density at radius 3 is 2.67 bits per heavy atom. The van der Waals surface area contributed by atoms with Crippen LogP contribution in [0.4, 0.5) is 5.82 Å². The maximum absolute atomic E-state index is 6.03. The summed E-state index contributed by atoms with van der Waals surface area (Å²) in [5.74, 6) is 1.90. The molecule has 0 bridgehead atoms. The van der Waals surface area contributed by atoms with Crippen molar-refractivity contribution in [3.63, 3.8) is 0 Å². The summed E-state index contributed by atoms with van der Waals surface area (Å²) in [4.78, 5) is 4.03. The Labute approximate surface area is 120 Å². The van der Waals surface area contributed by atoms with Crippen LogP contribution in [0.15, 0.2) is 42.7 Å². The highest BCUT2D eigenvalue weighted by Gasteiger charge is 2.19. The number of pyridine rings is 1. The van der Waals surface area contributed by atoms with Crippen molar-refractivity contribution in [2.45, 2.75) is 0 Å². The average Bonchev–Trinajstić information content (AvgIpc) is 3.13. The van der Waals surface area contributed by atoms with E-state index < -0.39 is 0 Å². The van der Waals surface area contributed by atoms with Gasteiger partial charge in [0.05, 0.1) is 11.3 Å². The lowest BCUT2D eigenvalue weighted by Crippen LogP contribution is -1.93. The van der Waals surface area contributed by atoms with Crippen molar-refractivity contribution in [1.29, 1.82) is 0 Å². The molecule has 0 fully saturated rings. The van der Waals surface area contributed by atoms with Crippen molar-refractivity contribution in [3.05, 3.63) is 42.7 Å². The van der Waals surface area contributed by atoms with Gasteiger partial charge in [-0.1, -0.05) is 6.07 Å². The van der Waals surface area contributed by atoms with Crippen LogP contribution >= 0.6 is 0 Å². The minimum atomic E-state index is 0.247. The van der Waals surface area contributed by atoms with Gasteiger partial charge in [-0.05, 0) is 29.8 Å². The van der Waals surface area contributed by atoms with E-state index in [1.807, 2.05) is 30.3 Å². The first-order valence-electron chi connectivity index (χ1n) is 6.47. The van der Waals surface area contributed by atoms with Crippen molar-refractivity contribution in [1.82, 2.24) is 15.2 Å². The van der Waals surface area contributed by atoms with Crippen molar-refractivity contribution in [3.8, 4) is 33.9 Å². The number of nitrogens with two attached hydrogens (primary N) is 1. The number of ether oxygens (including phenoxy) is 2. The van der Waals surface area contributed by atoms with Gasteiger partial charge in [0, 0.05) is 18.0 Å². The van der Waals surface area contributed by atoms with Crippen molar-refractivity contribution in [2.24, 2.45) is 0 Å². The van der Waals surface area contributed by atoms with Gasteiger partial charge in [0.2, 0.25) is 6.79 Å². The third-order valence-corrected chi connectivity index (χ3v) is 3.42. The van der Waals surface area contributed by atoms with Gasteiger partial charge in [-0.3, -0.25) is 10.1 Å². The number of aromatic nitrogens is 3. The molecule has 0 saturated carbocycles. The molecule has 6 heteroatoms. The van der Waals surface area contributed by atoms with Crippen LogP contribution in [0, 0.1) is 0 Å². The summed E-state index contributed by atoms with van der Waals surface area (Å²) >= 11 is 0. The van der Waals surface area contributed by atoms with Crippen molar-refractivity contribution >= 4 is 5.82 Å². The lowest BCUT2D eigenvalue weighted by Gasteiger charge is -2.06. The minimum Gasteiger partial charge on any atom is -0.454 e. The Bertz CT molecular complexity index is 799. The molecule has 1 aliphatic heterocycles. The average molecular weight is 280 g/mol. The van der Waals surface area contributed by atoms with Gasteiger partial charge in [-0.15, -0.1) is 0 Å². The molecule has 0 radical (unpaired) electrons. The fraction of sp³-hybridized carbons (Fsp3) is 0.0667. The molecule has 1 aromatic carbocycles. The lowest BCUT2D eigenvalue weighted by atomic mass is 10.0. The van der Waals surface area contributed by atoms with E-state index in [0.29, 0.717) is 11.6 Å². The van der Waals surface area contributed by atoms with E-state index in [-0.39, 0.29) is 6.79 Å². The number of nitrogens with one attached hydrogen (secondary N) is 1. The molecule has 0 atom stereocenters. The van der Waals surface area contributed by atoms with Crippen molar-refractivity contribution < 1.29 is 9.47 Å². The molecule has 3 aromatic rings. The predicted octanol–water partition coefficient (Wildman–Crippen LogP) is 2.45. The van der Waals surface area contributed by atoms with Gasteiger partial charge in [-0.2, -0.15) is 5.10 Å². The number of aromatic amines is 1. The molecule has 2 aromatic heterocycles. The third kappa shape index (κ3) is 1.88. The smallest absolute Gasteiger partial charge is 0.231 e. The molecule has 3 N–H and O–H groups in total. The summed E-state index contributed by atoms with van der Waals surface area (Å²) in [5, 5.41) is 7.10. The topological polar surface area (TPSA) is 86.1 Å². The Morgan fingerprint density at radius 2 is 1.81 bits per heavy atom. The van der Waals surface area contributed by atoms with Crippen LogP contribution in [-0.2, 0) is 0 Å². The van der Waals surface area contributed by atoms with E-state index >= 15 is 0 Å². The number of anilines is 1. The van der Waals surface area contributed by atoms with Crippen LogP contribution in [0.25, 0.3) is 22.4 Å². The van der Waals surface area contributed by atoms with E-state index in [1.165, 1.54) is 0 Å². The molecule has 0 amide bonds. The van der Waals surface area contributed by atoms with E-state index in [4.69, 9.17) is 15.2 Å². The maximum Gasteiger partial charge on any atom is 0.231 e. The molecule has 0 aliphatic carbocycles. The zero-order valence-electron chi connectivity index (χ0n) is 11.0. The summed E-state index contributed by atoms with van der Waals surface area (Å²) < 4.78 is 10.7. The standard InChI is InChI=1S/C15H12N4O2/c16-15-13(10-1-2-11-12(7-10)21-8-20-11)14(18-19-15)9-3-5-17-6-4-9/h1-7H,8H2,(H3,16,18,19). The van der Waals surface area contributed by atoms with Gasteiger partial charge >= 0.3 is 0 Å². The number of H-pyrrole nitrogens is 1. The van der Waals surface area contributed by atoms with Crippen LogP contribution in [0.2, 0.25) is 0 Å². The number of hydrogen-bond donors (Lipinski definition) is 2. The van der Waals surface area contributed by atoms with Crippen LogP contribution < -0.4 is 15.2 Å². The number of fused-ring (bicyclic) bond motifs is 1. The highest BCUT2D eigenvalue weighted by Crippen LogP contribution is 2.40. The first-order chi connectivity index (χ1) is 10.3. The largest absolute Gasteiger partial charge is 0.454 e. The maximum atomic E-state index is 6.03. The first kappa shape index (κ1) is 11.8. The summed E-state index contributed by atoms with van der Waals surface area (Å²) in [5.41, 5.74) is 9.63. The molecule has 0 spiro atoms. The summed E-state index contributed by atoms with van der Waals surface area (Å²) in [6, 6.07) is 9.54. The van der Waals surface area contributed by atoms with E-state index in [2.05, 4.69) is 15.2 Å².